The number of rotatable bonds is 5. The Morgan fingerprint density at radius 1 is 1.25 bits per heavy atom. The molecule has 1 aromatic heterocycles. The van der Waals surface area contributed by atoms with Crippen molar-refractivity contribution in [1.82, 2.24) is 10.2 Å². The molecule has 6 nitrogen and oxygen atoms in total. The highest BCUT2D eigenvalue weighted by Crippen LogP contribution is 2.31. The average Bonchev–Trinajstić information content (AvgIpc) is 2.97. The molecule has 0 spiro atoms. The van der Waals surface area contributed by atoms with Crippen LogP contribution in [0.15, 0.2) is 36.5 Å². The van der Waals surface area contributed by atoms with Crippen molar-refractivity contribution in [2.75, 3.05) is 14.2 Å². The van der Waals surface area contributed by atoms with E-state index in [1.807, 2.05) is 0 Å². The van der Waals surface area contributed by atoms with Gasteiger partial charge in [-0.3, -0.25) is 0 Å². The summed E-state index contributed by atoms with van der Waals surface area (Å²) in [5.41, 5.74) is 0.716. The number of carbonyl (C=O) groups is 1. The summed E-state index contributed by atoms with van der Waals surface area (Å²) in [5.74, 6) is 0.925. The molecule has 6 heteroatoms. The third-order valence-corrected chi connectivity index (χ3v) is 2.52. The molecule has 0 radical (unpaired) electrons. The number of ether oxygens (including phenoxy) is 3. The van der Waals surface area contributed by atoms with Crippen LogP contribution in [0.1, 0.15) is 5.56 Å². The highest BCUT2D eigenvalue weighted by Gasteiger charge is 2.08. The average molecular weight is 274 g/mol. The maximum atomic E-state index is 11.6. The fraction of sp³-hybridized carbons (Fsp3) is 0.143. The Balaban J connectivity index is 2.13. The van der Waals surface area contributed by atoms with E-state index >= 15 is 0 Å². The fourth-order valence-corrected chi connectivity index (χ4v) is 1.64. The minimum absolute atomic E-state index is 0.289. The number of nitrogens with zero attached hydrogens (tertiary/aromatic N) is 1. The van der Waals surface area contributed by atoms with E-state index in [1.165, 1.54) is 19.4 Å². The topological polar surface area (TPSA) is 73.4 Å². The van der Waals surface area contributed by atoms with E-state index in [0.29, 0.717) is 17.1 Å². The van der Waals surface area contributed by atoms with Gasteiger partial charge < -0.3 is 14.2 Å². The minimum Gasteiger partial charge on any atom is -0.493 e. The molecule has 1 heterocycles. The van der Waals surface area contributed by atoms with Crippen molar-refractivity contribution in [3.05, 3.63) is 42.1 Å². The first-order chi connectivity index (χ1) is 9.74. The number of esters is 1. The summed E-state index contributed by atoms with van der Waals surface area (Å²) in [6, 6.07) is 6.94. The molecule has 1 aromatic carbocycles. The molecule has 0 aliphatic carbocycles. The van der Waals surface area contributed by atoms with Gasteiger partial charge in [0.2, 0.25) is 5.88 Å². The van der Waals surface area contributed by atoms with Crippen LogP contribution in [-0.2, 0) is 4.79 Å². The van der Waals surface area contributed by atoms with Gasteiger partial charge in [0.25, 0.3) is 0 Å². The van der Waals surface area contributed by atoms with Crippen molar-refractivity contribution in [3.63, 3.8) is 0 Å². The predicted molar refractivity (Wildman–Crippen MR) is 72.8 cm³/mol. The largest absolute Gasteiger partial charge is 0.493 e. The smallest absolute Gasteiger partial charge is 0.337 e. The van der Waals surface area contributed by atoms with Gasteiger partial charge in [-0.25, -0.2) is 9.89 Å². The van der Waals surface area contributed by atoms with Crippen LogP contribution in [0.5, 0.6) is 17.4 Å². The van der Waals surface area contributed by atoms with E-state index in [1.54, 1.807) is 37.5 Å². The first-order valence-corrected chi connectivity index (χ1v) is 5.85. The summed E-state index contributed by atoms with van der Waals surface area (Å²) < 4.78 is 15.4. The molecule has 0 aliphatic rings. The summed E-state index contributed by atoms with van der Waals surface area (Å²) in [4.78, 5) is 11.6. The number of aromatic nitrogens is 2. The molecule has 2 aromatic rings. The van der Waals surface area contributed by atoms with E-state index < -0.39 is 5.97 Å². The third kappa shape index (κ3) is 3.17. The second-order valence-electron chi connectivity index (χ2n) is 3.76. The third-order valence-electron chi connectivity index (χ3n) is 2.52. The number of para-hydroxylation sites is 1. The fourth-order valence-electron chi connectivity index (χ4n) is 1.64. The SMILES string of the molecule is COc1cccc(C=CC(=O)Oc2ccn[nH]2)c1OC. The summed E-state index contributed by atoms with van der Waals surface area (Å²) >= 11 is 0. The van der Waals surface area contributed by atoms with E-state index in [2.05, 4.69) is 10.2 Å². The Morgan fingerprint density at radius 3 is 2.75 bits per heavy atom. The van der Waals surface area contributed by atoms with Gasteiger partial charge in [0, 0.05) is 17.7 Å². The van der Waals surface area contributed by atoms with Crippen LogP contribution in [0.4, 0.5) is 0 Å². The van der Waals surface area contributed by atoms with Gasteiger partial charge in [-0.1, -0.05) is 12.1 Å². The first-order valence-electron chi connectivity index (χ1n) is 5.85. The summed E-state index contributed by atoms with van der Waals surface area (Å²) in [7, 11) is 3.09. The van der Waals surface area contributed by atoms with Crippen LogP contribution >= 0.6 is 0 Å². The molecule has 0 amide bonds. The molecule has 0 fully saturated rings. The number of hydrogen-bond donors (Lipinski definition) is 1. The van der Waals surface area contributed by atoms with Crippen LogP contribution < -0.4 is 14.2 Å². The number of benzene rings is 1. The van der Waals surface area contributed by atoms with Crippen molar-refractivity contribution in [2.45, 2.75) is 0 Å². The Hall–Kier alpha value is -2.76. The molecular weight excluding hydrogens is 260 g/mol. The number of H-pyrrole nitrogens is 1. The molecule has 0 atom stereocenters. The van der Waals surface area contributed by atoms with Crippen LogP contribution in [0.2, 0.25) is 0 Å². The number of nitrogens with one attached hydrogen (secondary N) is 1. The van der Waals surface area contributed by atoms with Gasteiger partial charge in [0.15, 0.2) is 11.5 Å². The quantitative estimate of drug-likeness (QED) is 0.667. The molecule has 104 valence electrons. The summed E-state index contributed by atoms with van der Waals surface area (Å²) in [6.45, 7) is 0. The highest BCUT2D eigenvalue weighted by atomic mass is 16.5. The van der Waals surface area contributed by atoms with Crippen LogP contribution in [0.25, 0.3) is 6.08 Å². The molecule has 1 N–H and O–H groups in total. The molecule has 0 saturated carbocycles. The van der Waals surface area contributed by atoms with Crippen LogP contribution in [-0.4, -0.2) is 30.4 Å². The van der Waals surface area contributed by atoms with E-state index in [-0.39, 0.29) is 5.88 Å². The zero-order chi connectivity index (χ0) is 14.4. The van der Waals surface area contributed by atoms with Gasteiger partial charge in [-0.15, -0.1) is 0 Å². The Kier molecular flexibility index (Phi) is 4.39. The van der Waals surface area contributed by atoms with Crippen molar-refractivity contribution >= 4 is 12.0 Å². The van der Waals surface area contributed by atoms with Crippen molar-refractivity contribution in [3.8, 4) is 17.4 Å². The van der Waals surface area contributed by atoms with E-state index in [9.17, 15) is 4.79 Å². The lowest BCUT2D eigenvalue weighted by Gasteiger charge is -2.09. The number of methoxy groups -OCH3 is 2. The van der Waals surface area contributed by atoms with E-state index in [0.717, 1.165) is 0 Å². The second-order valence-corrected chi connectivity index (χ2v) is 3.76. The Morgan fingerprint density at radius 2 is 2.10 bits per heavy atom. The van der Waals surface area contributed by atoms with Gasteiger partial charge in [-0.2, -0.15) is 5.10 Å². The van der Waals surface area contributed by atoms with Gasteiger partial charge >= 0.3 is 5.97 Å². The van der Waals surface area contributed by atoms with Gasteiger partial charge in [0.1, 0.15) is 0 Å². The monoisotopic (exact) mass is 274 g/mol. The maximum Gasteiger partial charge on any atom is 0.337 e. The molecule has 20 heavy (non-hydrogen) atoms. The Labute approximate surface area is 116 Å². The molecule has 0 bridgehead atoms. The van der Waals surface area contributed by atoms with Crippen LogP contribution in [0.3, 0.4) is 0 Å². The Bertz CT molecular complexity index is 606. The molecule has 0 aliphatic heterocycles. The molecular formula is C14H14N2O4. The van der Waals surface area contributed by atoms with Gasteiger partial charge in [0.05, 0.1) is 20.4 Å². The molecule has 0 unspecified atom stereocenters. The zero-order valence-corrected chi connectivity index (χ0v) is 11.1. The maximum absolute atomic E-state index is 11.6. The predicted octanol–water partition coefficient (Wildman–Crippen LogP) is 2.05. The number of aromatic amines is 1. The first kappa shape index (κ1) is 13.7. The normalized spacial score (nSPS) is 10.5. The molecule has 0 saturated heterocycles. The van der Waals surface area contributed by atoms with Gasteiger partial charge in [-0.05, 0) is 12.1 Å². The minimum atomic E-state index is -0.515. The zero-order valence-electron chi connectivity index (χ0n) is 11.1. The van der Waals surface area contributed by atoms with Crippen LogP contribution in [0, 0.1) is 0 Å². The second kappa shape index (κ2) is 6.42. The molecule has 2 rings (SSSR count). The lowest BCUT2D eigenvalue weighted by Crippen LogP contribution is -2.04. The van der Waals surface area contributed by atoms with Crippen molar-refractivity contribution in [2.24, 2.45) is 0 Å². The lowest BCUT2D eigenvalue weighted by molar-refractivity contribution is -0.129. The summed E-state index contributed by atoms with van der Waals surface area (Å²) in [6.07, 6.45) is 4.40. The van der Waals surface area contributed by atoms with Crippen molar-refractivity contribution in [1.29, 1.82) is 0 Å². The van der Waals surface area contributed by atoms with E-state index in [4.69, 9.17) is 14.2 Å². The number of carbonyl (C=O) groups excluding carboxylic acids is 1. The highest BCUT2D eigenvalue weighted by molar-refractivity contribution is 5.89. The number of hydrogen-bond acceptors (Lipinski definition) is 5. The van der Waals surface area contributed by atoms with Crippen molar-refractivity contribution < 1.29 is 19.0 Å². The summed E-state index contributed by atoms with van der Waals surface area (Å²) in [5, 5.41) is 6.22. The lowest BCUT2D eigenvalue weighted by atomic mass is 10.1. The standard InChI is InChI=1S/C14H14N2O4/c1-18-11-5-3-4-10(14(11)19-2)6-7-13(17)20-12-8-9-15-16-12/h3-9H,1-2H3,(H,15,16).